The molecule has 1 fully saturated rings. The zero-order valence-corrected chi connectivity index (χ0v) is 26.1. The van der Waals surface area contributed by atoms with Gasteiger partial charge in [0.2, 0.25) is 5.96 Å². The van der Waals surface area contributed by atoms with Crippen molar-refractivity contribution < 1.29 is 4.42 Å². The third kappa shape index (κ3) is 3.21. The Morgan fingerprint density at radius 1 is 0.628 bits per heavy atom. The molecule has 0 aliphatic carbocycles. The Morgan fingerprint density at radius 2 is 1.33 bits per heavy atom. The molecule has 4 aromatic carbocycles. The van der Waals surface area contributed by atoms with Gasteiger partial charge >= 0.3 is 0 Å². The fraction of sp³-hybridized carbons (Fsp3) is 0.324. The SMILES string of the molecule is CC1(C)N=C2N(c3nc4ccc5ccccc5c4nc3-c3cccc4c3oc3ccccc34)C(C)(C)C(C)(C)N2C1(C)C. The van der Waals surface area contributed by atoms with Crippen LogP contribution in [0.25, 0.3) is 55.0 Å². The normalized spacial score (nSPS) is 20.0. The number of guanidine groups is 1. The summed E-state index contributed by atoms with van der Waals surface area (Å²) in [6.45, 7) is 18.3. The Bertz CT molecular complexity index is 2170. The lowest BCUT2D eigenvalue weighted by Crippen LogP contribution is -2.63. The molecule has 0 spiro atoms. The van der Waals surface area contributed by atoms with Crippen LogP contribution in [0.5, 0.6) is 0 Å². The van der Waals surface area contributed by atoms with Crippen LogP contribution in [0.4, 0.5) is 5.82 Å². The highest BCUT2D eigenvalue weighted by Crippen LogP contribution is 2.54. The standard InChI is InChI=1S/C37H37N5O/c1-34(2)35(3,4)42-33(40-34)41(36(5,6)37(42,7)8)32-30(39-29-23-15-10-9-14-22(23)20-21-27(29)38-32)26-18-13-17-25-24-16-11-12-19-28(24)43-31(25)26/h9-21H,1-8H3. The van der Waals surface area contributed by atoms with Gasteiger partial charge in [0.25, 0.3) is 0 Å². The van der Waals surface area contributed by atoms with Crippen LogP contribution in [0.3, 0.4) is 0 Å². The highest BCUT2D eigenvalue weighted by Gasteiger charge is 2.66. The maximum absolute atomic E-state index is 6.57. The number of hydrogen-bond acceptors (Lipinski definition) is 6. The number of rotatable bonds is 2. The van der Waals surface area contributed by atoms with Gasteiger partial charge in [-0.15, -0.1) is 0 Å². The first-order valence-electron chi connectivity index (χ1n) is 15.2. The van der Waals surface area contributed by atoms with E-state index in [1.165, 1.54) is 0 Å². The van der Waals surface area contributed by atoms with Crippen molar-refractivity contribution in [1.82, 2.24) is 14.9 Å². The van der Waals surface area contributed by atoms with Gasteiger partial charge in [0, 0.05) is 21.7 Å². The van der Waals surface area contributed by atoms with E-state index < -0.39 is 0 Å². The van der Waals surface area contributed by atoms with Gasteiger partial charge in [0.05, 0.1) is 33.2 Å². The molecule has 2 aliphatic heterocycles. The van der Waals surface area contributed by atoms with E-state index in [0.717, 1.165) is 66.8 Å². The first-order valence-corrected chi connectivity index (χ1v) is 15.2. The van der Waals surface area contributed by atoms with E-state index in [0.29, 0.717) is 0 Å². The molecule has 0 unspecified atom stereocenters. The van der Waals surface area contributed by atoms with Crippen molar-refractivity contribution in [2.75, 3.05) is 4.90 Å². The van der Waals surface area contributed by atoms with Gasteiger partial charge in [-0.05, 0) is 79.0 Å². The predicted octanol–water partition coefficient (Wildman–Crippen LogP) is 8.96. The molecule has 0 saturated carbocycles. The van der Waals surface area contributed by atoms with Gasteiger partial charge in [0.1, 0.15) is 16.9 Å². The van der Waals surface area contributed by atoms with Crippen molar-refractivity contribution in [3.05, 3.63) is 78.9 Å². The molecule has 0 atom stereocenters. The highest BCUT2D eigenvalue weighted by molar-refractivity contribution is 6.13. The van der Waals surface area contributed by atoms with Crippen LogP contribution >= 0.6 is 0 Å². The maximum atomic E-state index is 6.57. The van der Waals surface area contributed by atoms with Crippen molar-refractivity contribution >= 4 is 55.5 Å². The van der Waals surface area contributed by atoms with Crippen molar-refractivity contribution in [2.24, 2.45) is 4.99 Å². The second-order valence-electron chi connectivity index (χ2n) is 14.1. The van der Waals surface area contributed by atoms with Crippen LogP contribution in [0.15, 0.2) is 88.3 Å². The minimum atomic E-state index is -0.366. The summed E-state index contributed by atoms with van der Waals surface area (Å²) in [5.41, 5.74) is 4.01. The summed E-state index contributed by atoms with van der Waals surface area (Å²) in [7, 11) is 0. The number of aromatic nitrogens is 2. The Kier molecular flexibility index (Phi) is 4.95. The number of fused-ring (bicyclic) bond motifs is 7. The molecule has 4 heterocycles. The first kappa shape index (κ1) is 26.2. The van der Waals surface area contributed by atoms with Crippen LogP contribution in [0.2, 0.25) is 0 Å². The monoisotopic (exact) mass is 567 g/mol. The number of para-hydroxylation sites is 2. The second kappa shape index (κ2) is 8.13. The summed E-state index contributed by atoms with van der Waals surface area (Å²) in [4.78, 5) is 21.3. The van der Waals surface area contributed by atoms with Gasteiger partial charge in [-0.3, -0.25) is 4.90 Å². The number of aliphatic imine (C=N–C) groups is 1. The van der Waals surface area contributed by atoms with E-state index >= 15 is 0 Å². The van der Waals surface area contributed by atoms with Gasteiger partial charge in [-0.1, -0.05) is 60.7 Å². The largest absolute Gasteiger partial charge is 0.455 e. The van der Waals surface area contributed by atoms with E-state index in [-0.39, 0.29) is 22.2 Å². The summed E-state index contributed by atoms with van der Waals surface area (Å²) in [6.07, 6.45) is 0. The molecule has 216 valence electrons. The fourth-order valence-corrected chi connectivity index (χ4v) is 7.27. The van der Waals surface area contributed by atoms with Crippen LogP contribution in [0.1, 0.15) is 55.4 Å². The Labute approximate surface area is 252 Å². The molecule has 0 N–H and O–H groups in total. The summed E-state index contributed by atoms with van der Waals surface area (Å²) in [5.74, 6) is 1.74. The zero-order chi connectivity index (χ0) is 30.1. The van der Waals surface area contributed by atoms with E-state index in [4.69, 9.17) is 19.4 Å². The van der Waals surface area contributed by atoms with Crippen LogP contribution in [-0.4, -0.2) is 43.0 Å². The second-order valence-corrected chi connectivity index (χ2v) is 14.1. The molecule has 0 bridgehead atoms. The van der Waals surface area contributed by atoms with Crippen molar-refractivity contribution in [3.8, 4) is 11.3 Å². The Balaban J connectivity index is 1.50. The van der Waals surface area contributed by atoms with Gasteiger partial charge in [-0.25, -0.2) is 15.0 Å². The smallest absolute Gasteiger partial charge is 0.204 e. The average Bonchev–Trinajstić information content (AvgIpc) is 3.48. The van der Waals surface area contributed by atoms with Crippen molar-refractivity contribution in [3.63, 3.8) is 0 Å². The van der Waals surface area contributed by atoms with E-state index in [2.05, 4.69) is 132 Å². The highest BCUT2D eigenvalue weighted by atomic mass is 16.3. The molecule has 2 aromatic heterocycles. The van der Waals surface area contributed by atoms with Crippen LogP contribution < -0.4 is 4.90 Å². The number of anilines is 1. The van der Waals surface area contributed by atoms with Crippen LogP contribution in [-0.2, 0) is 0 Å². The lowest BCUT2D eigenvalue weighted by molar-refractivity contribution is 0.0528. The fourth-order valence-electron chi connectivity index (χ4n) is 7.27. The van der Waals surface area contributed by atoms with Gasteiger partial charge in [0.15, 0.2) is 5.82 Å². The zero-order valence-electron chi connectivity index (χ0n) is 26.1. The molecule has 6 heteroatoms. The number of benzene rings is 4. The average molecular weight is 568 g/mol. The summed E-state index contributed by atoms with van der Waals surface area (Å²) >= 11 is 0. The lowest BCUT2D eigenvalue weighted by atomic mass is 9.76. The summed E-state index contributed by atoms with van der Waals surface area (Å²) in [5, 5.41) is 4.39. The summed E-state index contributed by atoms with van der Waals surface area (Å²) in [6, 6.07) is 27.2. The molecule has 6 aromatic rings. The van der Waals surface area contributed by atoms with Crippen molar-refractivity contribution in [2.45, 2.75) is 77.5 Å². The van der Waals surface area contributed by atoms with Crippen molar-refractivity contribution in [1.29, 1.82) is 0 Å². The Morgan fingerprint density at radius 3 is 2.12 bits per heavy atom. The van der Waals surface area contributed by atoms with E-state index in [1.807, 2.05) is 12.1 Å². The van der Waals surface area contributed by atoms with E-state index in [1.54, 1.807) is 0 Å². The maximum Gasteiger partial charge on any atom is 0.204 e. The quantitative estimate of drug-likeness (QED) is 0.196. The first-order chi connectivity index (χ1) is 20.3. The minimum absolute atomic E-state index is 0.211. The number of hydrogen-bond donors (Lipinski definition) is 0. The molecular weight excluding hydrogens is 530 g/mol. The van der Waals surface area contributed by atoms with Gasteiger partial charge < -0.3 is 9.32 Å². The minimum Gasteiger partial charge on any atom is -0.455 e. The van der Waals surface area contributed by atoms with E-state index in [9.17, 15) is 0 Å². The molecular formula is C37H37N5O. The number of furan rings is 1. The topological polar surface area (TPSA) is 57.8 Å². The summed E-state index contributed by atoms with van der Waals surface area (Å²) < 4.78 is 6.57. The molecule has 0 amide bonds. The third-order valence-corrected chi connectivity index (χ3v) is 10.9. The molecule has 43 heavy (non-hydrogen) atoms. The molecule has 0 radical (unpaired) electrons. The Hall–Kier alpha value is -4.45. The predicted molar refractivity (Wildman–Crippen MR) is 178 cm³/mol. The lowest BCUT2D eigenvalue weighted by Gasteiger charge is -2.50. The molecule has 8 rings (SSSR count). The third-order valence-electron chi connectivity index (χ3n) is 10.9. The molecule has 1 saturated heterocycles. The van der Waals surface area contributed by atoms with Gasteiger partial charge in [-0.2, -0.15) is 0 Å². The number of nitrogens with zero attached hydrogens (tertiary/aromatic N) is 5. The molecule has 6 nitrogen and oxygen atoms in total. The van der Waals surface area contributed by atoms with Crippen LogP contribution in [0, 0.1) is 0 Å². The molecule has 2 aliphatic rings.